The summed E-state index contributed by atoms with van der Waals surface area (Å²) in [7, 11) is 0. The van der Waals surface area contributed by atoms with Crippen LogP contribution < -0.4 is 0 Å². The van der Waals surface area contributed by atoms with Crippen LogP contribution in [0.3, 0.4) is 0 Å². The van der Waals surface area contributed by atoms with Crippen LogP contribution in [0.5, 0.6) is 0 Å². The van der Waals surface area contributed by atoms with Crippen molar-refractivity contribution in [2.75, 3.05) is 0 Å². The maximum Gasteiger partial charge on any atom is -0.00948 e. The van der Waals surface area contributed by atoms with Crippen LogP contribution in [0.25, 0.3) is 0 Å². The molecule has 1 aromatic rings. The van der Waals surface area contributed by atoms with Gasteiger partial charge >= 0.3 is 0 Å². The molecular formula is C13H18. The molecule has 0 unspecified atom stereocenters. The molecule has 0 saturated carbocycles. The molecule has 13 heavy (non-hydrogen) atoms. The molecule has 0 radical (unpaired) electrons. The van der Waals surface area contributed by atoms with Gasteiger partial charge in [-0.1, -0.05) is 55.8 Å². The van der Waals surface area contributed by atoms with Crippen molar-refractivity contribution in [2.45, 2.75) is 33.1 Å². The topological polar surface area (TPSA) is 0 Å². The minimum absolute atomic E-state index is 1.08. The van der Waals surface area contributed by atoms with E-state index in [1.54, 1.807) is 5.57 Å². The highest BCUT2D eigenvalue weighted by molar-refractivity contribution is 5.19. The summed E-state index contributed by atoms with van der Waals surface area (Å²) in [5, 5.41) is 0. The predicted octanol–water partition coefficient (Wildman–Crippen LogP) is 3.98. The first-order valence-electron chi connectivity index (χ1n) is 5.08. The third-order valence-corrected chi connectivity index (χ3v) is 2.38. The Hall–Kier alpha value is -1.04. The van der Waals surface area contributed by atoms with E-state index < -0.39 is 0 Å². The zero-order valence-electron chi connectivity index (χ0n) is 8.59. The van der Waals surface area contributed by atoms with Gasteiger partial charge in [0.1, 0.15) is 0 Å². The van der Waals surface area contributed by atoms with E-state index in [-0.39, 0.29) is 0 Å². The van der Waals surface area contributed by atoms with E-state index in [2.05, 4.69) is 50.3 Å². The number of benzene rings is 1. The summed E-state index contributed by atoms with van der Waals surface area (Å²) in [6.07, 6.45) is 5.81. The molecule has 0 fully saturated rings. The number of allylic oxidation sites excluding steroid dienone is 2. The van der Waals surface area contributed by atoms with Gasteiger partial charge in [0.15, 0.2) is 0 Å². The van der Waals surface area contributed by atoms with Crippen molar-refractivity contribution < 1.29 is 0 Å². The fourth-order valence-corrected chi connectivity index (χ4v) is 1.41. The van der Waals surface area contributed by atoms with Crippen LogP contribution in [0.4, 0.5) is 0 Å². The summed E-state index contributed by atoms with van der Waals surface area (Å²) < 4.78 is 0. The number of hydrogen-bond acceptors (Lipinski definition) is 0. The van der Waals surface area contributed by atoms with Gasteiger partial charge in [0.2, 0.25) is 0 Å². The Morgan fingerprint density at radius 3 is 2.23 bits per heavy atom. The van der Waals surface area contributed by atoms with Gasteiger partial charge in [-0.25, -0.2) is 0 Å². The molecule has 0 saturated heterocycles. The quantitative estimate of drug-likeness (QED) is 0.606. The Labute approximate surface area is 81.3 Å². The Morgan fingerprint density at radius 2 is 1.69 bits per heavy atom. The number of rotatable bonds is 4. The standard InChI is InChI=1S/C13H18/c1-3-12(4-2)10-11-13-8-6-5-7-9-13/h5-10H,3-4,11H2,1-2H3. The summed E-state index contributed by atoms with van der Waals surface area (Å²) in [6.45, 7) is 4.45. The zero-order chi connectivity index (χ0) is 9.52. The lowest BCUT2D eigenvalue weighted by molar-refractivity contribution is 0.960. The van der Waals surface area contributed by atoms with Crippen LogP contribution in [0.15, 0.2) is 42.0 Å². The fraction of sp³-hybridized carbons (Fsp3) is 0.385. The normalized spacial score (nSPS) is 9.69. The maximum atomic E-state index is 2.36. The van der Waals surface area contributed by atoms with Gasteiger partial charge in [-0.05, 0) is 24.8 Å². The average molecular weight is 174 g/mol. The summed E-state index contributed by atoms with van der Waals surface area (Å²) in [5.74, 6) is 0. The largest absolute Gasteiger partial charge is 0.0810 e. The van der Waals surface area contributed by atoms with Crippen LogP contribution in [0.1, 0.15) is 32.3 Å². The summed E-state index contributed by atoms with van der Waals surface area (Å²) in [4.78, 5) is 0. The zero-order valence-corrected chi connectivity index (χ0v) is 8.59. The fourth-order valence-electron chi connectivity index (χ4n) is 1.41. The van der Waals surface area contributed by atoms with Crippen LogP contribution in [-0.4, -0.2) is 0 Å². The van der Waals surface area contributed by atoms with E-state index >= 15 is 0 Å². The van der Waals surface area contributed by atoms with E-state index in [9.17, 15) is 0 Å². The molecule has 0 aliphatic rings. The van der Waals surface area contributed by atoms with E-state index in [4.69, 9.17) is 0 Å². The first-order chi connectivity index (χ1) is 6.36. The number of hydrogen-bond donors (Lipinski definition) is 0. The van der Waals surface area contributed by atoms with E-state index in [0.717, 1.165) is 6.42 Å². The molecule has 0 amide bonds. The van der Waals surface area contributed by atoms with Gasteiger partial charge in [-0.15, -0.1) is 0 Å². The molecule has 70 valence electrons. The molecule has 1 rings (SSSR count). The minimum Gasteiger partial charge on any atom is -0.0810 e. The van der Waals surface area contributed by atoms with Gasteiger partial charge in [0.25, 0.3) is 0 Å². The summed E-state index contributed by atoms with van der Waals surface area (Å²) >= 11 is 0. The van der Waals surface area contributed by atoms with Gasteiger partial charge in [0.05, 0.1) is 0 Å². The van der Waals surface area contributed by atoms with Crippen molar-refractivity contribution in [1.29, 1.82) is 0 Å². The maximum absolute atomic E-state index is 2.36. The van der Waals surface area contributed by atoms with Crippen LogP contribution >= 0.6 is 0 Å². The van der Waals surface area contributed by atoms with Crippen LogP contribution in [0, 0.1) is 0 Å². The SMILES string of the molecule is CCC(=CCc1ccccc1)CC. The first kappa shape index (κ1) is 10.0. The first-order valence-corrected chi connectivity index (χ1v) is 5.08. The molecule has 0 nitrogen and oxygen atoms in total. The predicted molar refractivity (Wildman–Crippen MR) is 58.8 cm³/mol. The Bertz CT molecular complexity index is 251. The Balaban J connectivity index is 2.55. The van der Waals surface area contributed by atoms with Crippen LogP contribution in [0.2, 0.25) is 0 Å². The van der Waals surface area contributed by atoms with Crippen LogP contribution in [-0.2, 0) is 6.42 Å². The lowest BCUT2D eigenvalue weighted by Crippen LogP contribution is -1.83. The highest BCUT2D eigenvalue weighted by Crippen LogP contribution is 2.08. The third kappa shape index (κ3) is 3.45. The van der Waals surface area contributed by atoms with Gasteiger partial charge in [-0.3, -0.25) is 0 Å². The second-order valence-electron chi connectivity index (χ2n) is 3.26. The van der Waals surface area contributed by atoms with E-state index in [1.807, 2.05) is 0 Å². The molecule has 0 spiro atoms. The van der Waals surface area contributed by atoms with Gasteiger partial charge in [0, 0.05) is 0 Å². The lowest BCUT2D eigenvalue weighted by Gasteiger charge is -2.00. The Kier molecular flexibility index (Phi) is 4.31. The highest BCUT2D eigenvalue weighted by Gasteiger charge is 1.90. The van der Waals surface area contributed by atoms with E-state index in [1.165, 1.54) is 18.4 Å². The summed E-state index contributed by atoms with van der Waals surface area (Å²) in [5.41, 5.74) is 2.96. The monoisotopic (exact) mass is 174 g/mol. The van der Waals surface area contributed by atoms with Crippen molar-refractivity contribution in [2.24, 2.45) is 0 Å². The van der Waals surface area contributed by atoms with Crippen molar-refractivity contribution in [3.63, 3.8) is 0 Å². The van der Waals surface area contributed by atoms with Crippen molar-refractivity contribution in [1.82, 2.24) is 0 Å². The second-order valence-corrected chi connectivity index (χ2v) is 3.26. The summed E-state index contributed by atoms with van der Waals surface area (Å²) in [6, 6.07) is 10.6. The minimum atomic E-state index is 1.08. The smallest absolute Gasteiger partial charge is 0.00948 e. The molecular weight excluding hydrogens is 156 g/mol. The molecule has 1 aromatic carbocycles. The molecule has 0 aliphatic heterocycles. The van der Waals surface area contributed by atoms with E-state index in [0.29, 0.717) is 0 Å². The van der Waals surface area contributed by atoms with Gasteiger partial charge < -0.3 is 0 Å². The van der Waals surface area contributed by atoms with Crippen molar-refractivity contribution in [3.8, 4) is 0 Å². The molecule has 0 atom stereocenters. The lowest BCUT2D eigenvalue weighted by atomic mass is 10.1. The average Bonchev–Trinajstić information content (AvgIpc) is 2.21. The third-order valence-electron chi connectivity index (χ3n) is 2.38. The molecule has 0 aliphatic carbocycles. The molecule has 0 heterocycles. The Morgan fingerprint density at radius 1 is 1.08 bits per heavy atom. The van der Waals surface area contributed by atoms with Crippen molar-refractivity contribution >= 4 is 0 Å². The molecule has 0 heteroatoms. The molecule has 0 N–H and O–H groups in total. The van der Waals surface area contributed by atoms with Crippen molar-refractivity contribution in [3.05, 3.63) is 47.5 Å². The molecule has 0 aromatic heterocycles. The van der Waals surface area contributed by atoms with Gasteiger partial charge in [-0.2, -0.15) is 0 Å². The molecule has 0 bridgehead atoms. The highest BCUT2D eigenvalue weighted by atomic mass is 14.0. The second kappa shape index (κ2) is 5.58.